The molecule has 0 unspecified atom stereocenters. The molecule has 118 valence electrons. The van der Waals surface area contributed by atoms with Crippen LogP contribution in [0.2, 0.25) is 0 Å². The molecule has 0 spiro atoms. The molecule has 1 amide bonds. The number of anilines is 1. The van der Waals surface area contributed by atoms with E-state index >= 15 is 0 Å². The van der Waals surface area contributed by atoms with Crippen LogP contribution >= 0.6 is 0 Å². The SMILES string of the molecule is CC(C)(C)c1cc(NC(=O)CS(=O)(=O)c2ccccn2)on1. The van der Waals surface area contributed by atoms with Crippen molar-refractivity contribution in [3.8, 4) is 0 Å². The zero-order valence-corrected chi connectivity index (χ0v) is 13.3. The molecule has 0 fully saturated rings. The van der Waals surface area contributed by atoms with Gasteiger partial charge in [0.15, 0.2) is 5.03 Å². The summed E-state index contributed by atoms with van der Waals surface area (Å²) in [5, 5.41) is 6.09. The average molecular weight is 323 g/mol. The Kier molecular flexibility index (Phi) is 4.32. The fraction of sp³-hybridized carbons (Fsp3) is 0.357. The van der Waals surface area contributed by atoms with Gasteiger partial charge in [-0.2, -0.15) is 0 Å². The molecule has 0 aromatic carbocycles. The van der Waals surface area contributed by atoms with Crippen LogP contribution in [0.1, 0.15) is 26.5 Å². The summed E-state index contributed by atoms with van der Waals surface area (Å²) >= 11 is 0. The van der Waals surface area contributed by atoms with Gasteiger partial charge in [-0.3, -0.25) is 10.1 Å². The van der Waals surface area contributed by atoms with Gasteiger partial charge in [0.05, 0.1) is 5.69 Å². The minimum absolute atomic E-state index is 0.117. The van der Waals surface area contributed by atoms with Gasteiger partial charge in [-0.15, -0.1) is 0 Å². The molecule has 0 bridgehead atoms. The van der Waals surface area contributed by atoms with Crippen LogP contribution in [-0.2, 0) is 20.0 Å². The van der Waals surface area contributed by atoms with Crippen molar-refractivity contribution in [3.05, 3.63) is 36.2 Å². The minimum Gasteiger partial charge on any atom is -0.338 e. The van der Waals surface area contributed by atoms with Crippen molar-refractivity contribution in [2.45, 2.75) is 31.2 Å². The molecule has 0 aliphatic heterocycles. The smallest absolute Gasteiger partial charge is 0.242 e. The number of hydrogen-bond donors (Lipinski definition) is 1. The summed E-state index contributed by atoms with van der Waals surface area (Å²) < 4.78 is 29.0. The summed E-state index contributed by atoms with van der Waals surface area (Å²) in [6.07, 6.45) is 1.36. The van der Waals surface area contributed by atoms with Crippen molar-refractivity contribution in [2.75, 3.05) is 11.1 Å². The second kappa shape index (κ2) is 5.88. The number of sulfone groups is 1. The molecule has 0 aliphatic carbocycles. The maximum absolute atomic E-state index is 12.0. The van der Waals surface area contributed by atoms with E-state index in [0.717, 1.165) is 0 Å². The molecule has 2 rings (SSSR count). The first-order valence-corrected chi connectivity index (χ1v) is 8.24. The van der Waals surface area contributed by atoms with E-state index < -0.39 is 21.5 Å². The Morgan fingerprint density at radius 1 is 1.32 bits per heavy atom. The fourth-order valence-corrected chi connectivity index (χ4v) is 2.71. The summed E-state index contributed by atoms with van der Waals surface area (Å²) in [5.41, 5.74) is 0.433. The van der Waals surface area contributed by atoms with Gasteiger partial charge in [-0.1, -0.05) is 32.0 Å². The van der Waals surface area contributed by atoms with E-state index in [4.69, 9.17) is 4.52 Å². The van der Waals surface area contributed by atoms with Crippen LogP contribution in [0.25, 0.3) is 0 Å². The van der Waals surface area contributed by atoms with Crippen molar-refractivity contribution >= 4 is 21.6 Å². The van der Waals surface area contributed by atoms with Gasteiger partial charge in [0.1, 0.15) is 5.75 Å². The quantitative estimate of drug-likeness (QED) is 0.920. The fourth-order valence-electron chi connectivity index (χ4n) is 1.64. The highest BCUT2D eigenvalue weighted by atomic mass is 32.2. The van der Waals surface area contributed by atoms with Crippen molar-refractivity contribution < 1.29 is 17.7 Å². The molecule has 0 saturated carbocycles. The molecule has 2 aromatic rings. The Morgan fingerprint density at radius 2 is 2.05 bits per heavy atom. The van der Waals surface area contributed by atoms with Crippen LogP contribution in [0.5, 0.6) is 0 Å². The standard InChI is InChI=1S/C14H17N3O4S/c1-14(2,3)10-8-12(21-17-10)16-11(18)9-22(19,20)13-6-4-5-7-15-13/h4-8H,9H2,1-3H3,(H,16,18). The lowest BCUT2D eigenvalue weighted by atomic mass is 9.92. The predicted octanol–water partition coefficient (Wildman–Crippen LogP) is 1.78. The van der Waals surface area contributed by atoms with E-state index in [1.807, 2.05) is 20.8 Å². The summed E-state index contributed by atoms with van der Waals surface area (Å²) in [4.78, 5) is 15.6. The molecule has 8 heteroatoms. The maximum Gasteiger partial charge on any atom is 0.242 e. The average Bonchev–Trinajstić information content (AvgIpc) is 2.87. The molecule has 0 radical (unpaired) electrons. The third-order valence-electron chi connectivity index (χ3n) is 2.82. The molecular formula is C14H17N3O4S. The van der Waals surface area contributed by atoms with E-state index in [1.165, 1.54) is 12.3 Å². The Hall–Kier alpha value is -2.22. The number of nitrogens with one attached hydrogen (secondary N) is 1. The zero-order valence-electron chi connectivity index (χ0n) is 12.5. The van der Waals surface area contributed by atoms with Gasteiger partial charge in [-0.25, -0.2) is 13.4 Å². The van der Waals surface area contributed by atoms with Crippen LogP contribution in [0, 0.1) is 0 Å². The van der Waals surface area contributed by atoms with Crippen LogP contribution in [0.3, 0.4) is 0 Å². The zero-order chi connectivity index (χ0) is 16.4. The summed E-state index contributed by atoms with van der Waals surface area (Å²) in [6, 6.07) is 6.06. The first-order valence-electron chi connectivity index (χ1n) is 6.59. The third kappa shape index (κ3) is 3.91. The minimum atomic E-state index is -3.79. The summed E-state index contributed by atoms with van der Waals surface area (Å²) in [7, 11) is -3.79. The lowest BCUT2D eigenvalue weighted by Crippen LogP contribution is -2.23. The first-order chi connectivity index (χ1) is 10.2. The van der Waals surface area contributed by atoms with Crippen LogP contribution in [0.4, 0.5) is 5.88 Å². The second-order valence-corrected chi connectivity index (χ2v) is 7.74. The van der Waals surface area contributed by atoms with Gasteiger partial charge in [0.25, 0.3) is 0 Å². The Balaban J connectivity index is 2.06. The van der Waals surface area contributed by atoms with Crippen molar-refractivity contribution in [1.82, 2.24) is 10.1 Å². The van der Waals surface area contributed by atoms with Crippen molar-refractivity contribution in [2.24, 2.45) is 0 Å². The van der Waals surface area contributed by atoms with Crippen LogP contribution < -0.4 is 5.32 Å². The number of carbonyl (C=O) groups excluding carboxylic acids is 1. The highest BCUT2D eigenvalue weighted by Gasteiger charge is 2.23. The third-order valence-corrected chi connectivity index (χ3v) is 4.34. The topological polar surface area (TPSA) is 102 Å². The second-order valence-electron chi connectivity index (χ2n) is 5.80. The maximum atomic E-state index is 12.0. The number of rotatable bonds is 4. The molecule has 0 saturated heterocycles. The number of nitrogens with zero attached hydrogens (tertiary/aromatic N) is 2. The monoisotopic (exact) mass is 323 g/mol. The van der Waals surface area contributed by atoms with Crippen molar-refractivity contribution in [3.63, 3.8) is 0 Å². The van der Waals surface area contributed by atoms with Crippen LogP contribution in [0.15, 0.2) is 40.0 Å². The summed E-state index contributed by atoms with van der Waals surface area (Å²) in [6.45, 7) is 5.84. The number of aromatic nitrogens is 2. The van der Waals surface area contributed by atoms with Crippen LogP contribution in [-0.4, -0.2) is 30.2 Å². The van der Waals surface area contributed by atoms with E-state index in [1.54, 1.807) is 18.2 Å². The van der Waals surface area contributed by atoms with E-state index in [9.17, 15) is 13.2 Å². The van der Waals surface area contributed by atoms with E-state index in [-0.39, 0.29) is 16.3 Å². The molecule has 2 aromatic heterocycles. The van der Waals surface area contributed by atoms with Gasteiger partial charge in [0, 0.05) is 17.7 Å². The predicted molar refractivity (Wildman–Crippen MR) is 80.1 cm³/mol. The number of amides is 1. The highest BCUT2D eigenvalue weighted by molar-refractivity contribution is 7.92. The molecule has 2 heterocycles. The largest absolute Gasteiger partial charge is 0.338 e. The van der Waals surface area contributed by atoms with Gasteiger partial charge in [0.2, 0.25) is 21.6 Å². The van der Waals surface area contributed by atoms with Crippen molar-refractivity contribution in [1.29, 1.82) is 0 Å². The van der Waals surface area contributed by atoms with E-state index in [0.29, 0.717) is 5.69 Å². The Morgan fingerprint density at radius 3 is 2.59 bits per heavy atom. The van der Waals surface area contributed by atoms with Gasteiger partial charge >= 0.3 is 0 Å². The first kappa shape index (κ1) is 16.2. The molecule has 1 N–H and O–H groups in total. The molecule has 7 nitrogen and oxygen atoms in total. The molecule has 0 aliphatic rings. The number of carbonyl (C=O) groups is 1. The Labute approximate surface area is 128 Å². The lowest BCUT2D eigenvalue weighted by Gasteiger charge is -2.12. The normalized spacial score (nSPS) is 12.1. The van der Waals surface area contributed by atoms with E-state index in [2.05, 4.69) is 15.5 Å². The lowest BCUT2D eigenvalue weighted by molar-refractivity contribution is -0.114. The highest BCUT2D eigenvalue weighted by Crippen LogP contribution is 2.23. The number of pyridine rings is 1. The van der Waals surface area contributed by atoms with Gasteiger partial charge < -0.3 is 4.52 Å². The summed E-state index contributed by atoms with van der Waals surface area (Å²) in [5.74, 6) is -1.30. The molecule has 0 atom stereocenters. The Bertz CT molecular complexity index is 761. The number of hydrogen-bond acceptors (Lipinski definition) is 6. The molecule has 22 heavy (non-hydrogen) atoms. The van der Waals surface area contributed by atoms with Gasteiger partial charge in [-0.05, 0) is 12.1 Å². The molecular weight excluding hydrogens is 306 g/mol.